The molecular formula is C15H16N6O. The highest BCUT2D eigenvalue weighted by atomic mass is 16.1. The fourth-order valence-electron chi connectivity index (χ4n) is 2.83. The first kappa shape index (κ1) is 13.0. The lowest BCUT2D eigenvalue weighted by Gasteiger charge is -2.35. The Morgan fingerprint density at radius 2 is 2.23 bits per heavy atom. The molecule has 0 aromatic carbocycles. The Morgan fingerprint density at radius 1 is 1.36 bits per heavy atom. The second-order valence-corrected chi connectivity index (χ2v) is 5.70. The zero-order valence-corrected chi connectivity index (χ0v) is 12.2. The molecule has 7 nitrogen and oxygen atoms in total. The SMILES string of the molecule is Cn1cnc2cc(C(=O)NC3CC(n4cccn4)C3)cnc21. The van der Waals surface area contributed by atoms with E-state index in [0.717, 1.165) is 24.0 Å². The van der Waals surface area contributed by atoms with E-state index < -0.39 is 0 Å². The topological polar surface area (TPSA) is 77.6 Å². The van der Waals surface area contributed by atoms with Gasteiger partial charge < -0.3 is 9.88 Å². The van der Waals surface area contributed by atoms with Gasteiger partial charge in [0.2, 0.25) is 0 Å². The molecular weight excluding hydrogens is 280 g/mol. The zero-order valence-electron chi connectivity index (χ0n) is 12.2. The maximum Gasteiger partial charge on any atom is 0.253 e. The Kier molecular flexibility index (Phi) is 2.92. The molecule has 1 amide bonds. The number of nitrogens with one attached hydrogen (secondary N) is 1. The molecule has 1 aliphatic carbocycles. The van der Waals surface area contributed by atoms with Crippen molar-refractivity contribution in [3.05, 3.63) is 42.6 Å². The fraction of sp³-hybridized carbons (Fsp3) is 0.333. The average Bonchev–Trinajstić information content (AvgIpc) is 3.12. The Hall–Kier alpha value is -2.70. The number of hydrogen-bond donors (Lipinski definition) is 1. The van der Waals surface area contributed by atoms with Gasteiger partial charge in [-0.2, -0.15) is 5.10 Å². The maximum atomic E-state index is 12.3. The summed E-state index contributed by atoms with van der Waals surface area (Å²) in [7, 11) is 1.88. The van der Waals surface area contributed by atoms with E-state index in [1.54, 1.807) is 24.8 Å². The molecule has 1 saturated carbocycles. The van der Waals surface area contributed by atoms with E-state index in [0.29, 0.717) is 11.6 Å². The van der Waals surface area contributed by atoms with E-state index in [9.17, 15) is 4.79 Å². The third-order valence-electron chi connectivity index (χ3n) is 4.16. The Bertz CT molecular complexity index is 816. The molecule has 7 heteroatoms. The number of amides is 1. The monoisotopic (exact) mass is 296 g/mol. The van der Waals surface area contributed by atoms with Crippen LogP contribution in [0, 0.1) is 0 Å². The predicted octanol–water partition coefficient (Wildman–Crippen LogP) is 1.30. The minimum absolute atomic E-state index is 0.0935. The van der Waals surface area contributed by atoms with E-state index in [1.165, 1.54) is 0 Å². The van der Waals surface area contributed by atoms with Crippen molar-refractivity contribution in [2.24, 2.45) is 7.05 Å². The number of hydrogen-bond acceptors (Lipinski definition) is 4. The van der Waals surface area contributed by atoms with Crippen LogP contribution in [-0.4, -0.2) is 36.3 Å². The van der Waals surface area contributed by atoms with Gasteiger partial charge in [-0.1, -0.05) is 0 Å². The summed E-state index contributed by atoms with van der Waals surface area (Å²) in [5.74, 6) is -0.0935. The molecule has 22 heavy (non-hydrogen) atoms. The summed E-state index contributed by atoms with van der Waals surface area (Å²) in [6.45, 7) is 0. The molecule has 0 bridgehead atoms. The molecule has 0 unspecified atom stereocenters. The highest BCUT2D eigenvalue weighted by molar-refractivity contribution is 5.96. The predicted molar refractivity (Wildman–Crippen MR) is 80.3 cm³/mol. The third-order valence-corrected chi connectivity index (χ3v) is 4.16. The van der Waals surface area contributed by atoms with Crippen molar-refractivity contribution in [1.29, 1.82) is 0 Å². The number of nitrogens with zero attached hydrogens (tertiary/aromatic N) is 5. The van der Waals surface area contributed by atoms with Crippen LogP contribution in [0.15, 0.2) is 37.1 Å². The van der Waals surface area contributed by atoms with Crippen LogP contribution in [0.3, 0.4) is 0 Å². The molecule has 3 heterocycles. The van der Waals surface area contributed by atoms with Crippen LogP contribution in [0.25, 0.3) is 11.2 Å². The minimum atomic E-state index is -0.0935. The van der Waals surface area contributed by atoms with E-state index in [-0.39, 0.29) is 11.9 Å². The van der Waals surface area contributed by atoms with Crippen molar-refractivity contribution in [3.8, 4) is 0 Å². The largest absolute Gasteiger partial charge is 0.349 e. The first-order valence-electron chi connectivity index (χ1n) is 7.28. The second-order valence-electron chi connectivity index (χ2n) is 5.70. The number of aryl methyl sites for hydroxylation is 1. The zero-order chi connectivity index (χ0) is 15.1. The molecule has 0 radical (unpaired) electrons. The number of carbonyl (C=O) groups is 1. The number of rotatable bonds is 3. The van der Waals surface area contributed by atoms with Gasteiger partial charge >= 0.3 is 0 Å². The van der Waals surface area contributed by atoms with Gasteiger partial charge in [0.1, 0.15) is 5.52 Å². The number of imidazole rings is 1. The van der Waals surface area contributed by atoms with Gasteiger partial charge in [-0.15, -0.1) is 0 Å². The number of carbonyl (C=O) groups excluding carboxylic acids is 1. The van der Waals surface area contributed by atoms with Crippen molar-refractivity contribution in [1.82, 2.24) is 29.6 Å². The third kappa shape index (κ3) is 2.14. The van der Waals surface area contributed by atoms with Crippen molar-refractivity contribution in [3.63, 3.8) is 0 Å². The molecule has 0 atom stereocenters. The highest BCUT2D eigenvalue weighted by Crippen LogP contribution is 2.31. The van der Waals surface area contributed by atoms with Gasteiger partial charge in [0, 0.05) is 31.7 Å². The summed E-state index contributed by atoms with van der Waals surface area (Å²) in [5.41, 5.74) is 2.06. The maximum absolute atomic E-state index is 12.3. The van der Waals surface area contributed by atoms with Gasteiger partial charge in [-0.25, -0.2) is 9.97 Å². The van der Waals surface area contributed by atoms with Crippen LogP contribution in [0.5, 0.6) is 0 Å². The first-order chi connectivity index (χ1) is 10.7. The van der Waals surface area contributed by atoms with Gasteiger partial charge in [0.25, 0.3) is 5.91 Å². The van der Waals surface area contributed by atoms with Crippen LogP contribution in [0.2, 0.25) is 0 Å². The second kappa shape index (κ2) is 4.94. The Morgan fingerprint density at radius 3 is 3.00 bits per heavy atom. The molecule has 1 fully saturated rings. The van der Waals surface area contributed by atoms with E-state index in [2.05, 4.69) is 20.4 Å². The summed E-state index contributed by atoms with van der Waals surface area (Å²) >= 11 is 0. The summed E-state index contributed by atoms with van der Waals surface area (Å²) in [6.07, 6.45) is 8.85. The van der Waals surface area contributed by atoms with Crippen molar-refractivity contribution < 1.29 is 4.79 Å². The van der Waals surface area contributed by atoms with Crippen molar-refractivity contribution in [2.45, 2.75) is 24.9 Å². The molecule has 3 aromatic heterocycles. The number of aromatic nitrogens is 5. The van der Waals surface area contributed by atoms with Gasteiger partial charge in [-0.05, 0) is 25.0 Å². The van der Waals surface area contributed by atoms with Crippen LogP contribution in [-0.2, 0) is 7.05 Å². The summed E-state index contributed by atoms with van der Waals surface area (Å²) in [5, 5.41) is 7.27. The van der Waals surface area contributed by atoms with E-state index >= 15 is 0 Å². The standard InChI is InChI=1S/C15H16N6O/c1-20-9-17-13-5-10(8-16-14(13)20)15(22)19-11-6-12(7-11)21-4-2-3-18-21/h2-5,8-9,11-12H,6-7H2,1H3,(H,19,22). The normalized spacial score (nSPS) is 20.8. The number of pyridine rings is 1. The summed E-state index contributed by atoms with van der Waals surface area (Å²) < 4.78 is 3.78. The lowest BCUT2D eigenvalue weighted by molar-refractivity contribution is 0.0888. The molecule has 4 rings (SSSR count). The molecule has 112 valence electrons. The minimum Gasteiger partial charge on any atom is -0.349 e. The lowest BCUT2D eigenvalue weighted by Crippen LogP contribution is -2.45. The van der Waals surface area contributed by atoms with Crippen molar-refractivity contribution in [2.75, 3.05) is 0 Å². The first-order valence-corrected chi connectivity index (χ1v) is 7.28. The van der Waals surface area contributed by atoms with Crippen LogP contribution in [0.4, 0.5) is 0 Å². The Balaban J connectivity index is 1.41. The molecule has 1 aliphatic rings. The van der Waals surface area contributed by atoms with Gasteiger partial charge in [0.05, 0.1) is 17.9 Å². The molecule has 3 aromatic rings. The van der Waals surface area contributed by atoms with Gasteiger partial charge in [0.15, 0.2) is 5.65 Å². The Labute approximate surface area is 127 Å². The molecule has 0 spiro atoms. The van der Waals surface area contributed by atoms with Crippen LogP contribution in [0.1, 0.15) is 29.2 Å². The lowest BCUT2D eigenvalue weighted by atomic mass is 9.86. The van der Waals surface area contributed by atoms with Gasteiger partial charge in [-0.3, -0.25) is 9.48 Å². The molecule has 0 saturated heterocycles. The fourth-order valence-corrected chi connectivity index (χ4v) is 2.83. The smallest absolute Gasteiger partial charge is 0.253 e. The van der Waals surface area contributed by atoms with Crippen molar-refractivity contribution >= 4 is 17.1 Å². The highest BCUT2D eigenvalue weighted by Gasteiger charge is 2.32. The quantitative estimate of drug-likeness (QED) is 0.790. The summed E-state index contributed by atoms with van der Waals surface area (Å²) in [4.78, 5) is 20.8. The molecule has 1 N–H and O–H groups in total. The van der Waals surface area contributed by atoms with Crippen LogP contribution >= 0.6 is 0 Å². The average molecular weight is 296 g/mol. The van der Waals surface area contributed by atoms with E-state index in [1.807, 2.05) is 28.6 Å². The molecule has 0 aliphatic heterocycles. The summed E-state index contributed by atoms with van der Waals surface area (Å²) in [6, 6.07) is 4.28. The number of fused-ring (bicyclic) bond motifs is 1. The van der Waals surface area contributed by atoms with E-state index in [4.69, 9.17) is 0 Å². The van der Waals surface area contributed by atoms with Crippen LogP contribution < -0.4 is 5.32 Å².